The number of amides is 1. The molecule has 0 aromatic carbocycles. The molecule has 0 unspecified atom stereocenters. The fourth-order valence-electron chi connectivity index (χ4n) is 8.59. The van der Waals surface area contributed by atoms with E-state index >= 15 is 0 Å². The molecule has 0 spiro atoms. The van der Waals surface area contributed by atoms with Crippen LogP contribution in [0.4, 0.5) is 0 Å². The Morgan fingerprint density at radius 3 is 1.82 bits per heavy atom. The van der Waals surface area contributed by atoms with Crippen LogP contribution in [0.1, 0.15) is 91.9 Å². The average molecular weight is 1020 g/mol. The van der Waals surface area contributed by atoms with E-state index in [1.807, 2.05) is 6.92 Å². The highest BCUT2D eigenvalue weighted by atomic mass is 16.7. The third kappa shape index (κ3) is 21.2. The van der Waals surface area contributed by atoms with Crippen molar-refractivity contribution < 1.29 is 99.4 Å². The van der Waals surface area contributed by atoms with Crippen molar-refractivity contribution in [3.8, 4) is 0 Å². The van der Waals surface area contributed by atoms with Gasteiger partial charge in [-0.25, -0.2) is 0 Å². The van der Waals surface area contributed by atoms with E-state index in [-0.39, 0.29) is 25.2 Å². The second-order valence-electron chi connectivity index (χ2n) is 19.0. The quantitative estimate of drug-likeness (QED) is 0.156. The highest BCUT2D eigenvalue weighted by molar-refractivity contribution is 5.81. The largest absolute Gasteiger partial charge is 0.481 e. The van der Waals surface area contributed by atoms with E-state index in [9.17, 15) is 75.3 Å². The fourth-order valence-corrected chi connectivity index (χ4v) is 8.59. The van der Waals surface area contributed by atoms with Crippen LogP contribution in [0.3, 0.4) is 0 Å². The molecule has 3 rings (SSSR count). The Hall–Kier alpha value is -4.46. The summed E-state index contributed by atoms with van der Waals surface area (Å²) in [6.45, 7) is 6.60. The van der Waals surface area contributed by atoms with E-state index < -0.39 is 178 Å². The van der Waals surface area contributed by atoms with E-state index in [2.05, 4.69) is 5.32 Å². The Morgan fingerprint density at radius 2 is 1.24 bits per heavy atom. The maximum atomic E-state index is 12.7. The monoisotopic (exact) mass is 1020 g/mol. The van der Waals surface area contributed by atoms with Gasteiger partial charge in [-0.05, 0) is 33.1 Å². The van der Waals surface area contributed by atoms with E-state index in [0.717, 1.165) is 0 Å². The first kappa shape index (κ1) is 61.8. The normalized spacial score (nSPS) is 38.9. The summed E-state index contributed by atoms with van der Waals surface area (Å²) in [7, 11) is 0. The number of aliphatic carboxylic acids is 2. The number of carboxylic acid groups (broad SMARTS) is 2. The Kier molecular flexibility index (Phi) is 26.3. The van der Waals surface area contributed by atoms with Gasteiger partial charge >= 0.3 is 17.9 Å². The van der Waals surface area contributed by atoms with Crippen molar-refractivity contribution in [3.63, 3.8) is 0 Å². The molecule has 2 fully saturated rings. The van der Waals surface area contributed by atoms with Crippen molar-refractivity contribution in [2.45, 2.75) is 189 Å². The van der Waals surface area contributed by atoms with Crippen molar-refractivity contribution >= 4 is 23.8 Å². The summed E-state index contributed by atoms with van der Waals surface area (Å²) in [4.78, 5) is 48.9. The number of fused-ring (bicyclic) bond motifs is 2. The molecule has 0 radical (unpaired) electrons. The number of ether oxygens (including phenoxy) is 4. The van der Waals surface area contributed by atoms with Crippen molar-refractivity contribution in [1.29, 1.82) is 0 Å². The summed E-state index contributed by atoms with van der Waals surface area (Å²) in [5.41, 5.74) is 0. The number of carbonyl (C=O) groups is 4. The zero-order chi connectivity index (χ0) is 53.7. The average Bonchev–Trinajstić information content (AvgIpc) is 3.28. The number of nitrogens with one attached hydrogen (secondary N) is 1. The Balaban J connectivity index is 1.92. The minimum Gasteiger partial charge on any atom is -0.481 e. The van der Waals surface area contributed by atoms with Gasteiger partial charge < -0.3 is 85.5 Å². The molecule has 2 saturated heterocycles. The van der Waals surface area contributed by atoms with Crippen LogP contribution in [0.15, 0.2) is 85.1 Å². The highest BCUT2D eigenvalue weighted by Gasteiger charge is 2.51. The lowest BCUT2D eigenvalue weighted by Gasteiger charge is -2.45. The molecule has 21 heteroatoms. The molecule has 19 atom stereocenters. The van der Waals surface area contributed by atoms with Gasteiger partial charge in [-0.1, -0.05) is 98.9 Å². The third-order valence-corrected chi connectivity index (χ3v) is 12.9. The molecule has 21 nitrogen and oxygen atoms in total. The van der Waals surface area contributed by atoms with Gasteiger partial charge in [0.1, 0.15) is 24.2 Å². The Morgan fingerprint density at radius 1 is 0.653 bits per heavy atom. The molecule has 0 aromatic rings. The van der Waals surface area contributed by atoms with E-state index in [0.29, 0.717) is 0 Å². The summed E-state index contributed by atoms with van der Waals surface area (Å²) < 4.78 is 23.3. The minimum atomic E-state index is -2.41. The Bertz CT molecular complexity index is 1920. The maximum absolute atomic E-state index is 12.7. The summed E-state index contributed by atoms with van der Waals surface area (Å²) in [6, 6.07) is -1.40. The lowest BCUT2D eigenvalue weighted by atomic mass is 9.82. The van der Waals surface area contributed by atoms with E-state index in [4.69, 9.17) is 24.1 Å². The van der Waals surface area contributed by atoms with Gasteiger partial charge in [-0.3, -0.25) is 19.2 Å². The first-order valence-corrected chi connectivity index (χ1v) is 24.4. The zero-order valence-electron chi connectivity index (χ0n) is 41.2. The molecular formula is C51H77NO20. The topological polar surface area (TPSA) is 360 Å². The standard InChI is InChI=1S/C51H77NO20/c1-29-17-15-13-11-9-7-5-6-8-10-12-14-16-18-36(71-50-48(65)45(47(64)32(4)70-50)52-41(59)21-22-42(60)61)26-40-44(49(66)67)39(58)28-51(68,72-40)27-35(55)24-38(57)37(56)20-19-33(53)23-34(54)25-43(62)69-31(3)30(2)46(29)63/h5-18,29-40,44-48,50,53-58,63-65,68H,19-28H2,1-4H3,(H,52,59)(H,60,61)(H,66,67)/t29-,30-,31-,32+,33+,34+,35-,36-,37+,38+,39-,40-,44+,45-,46+,47+,48-,50-,51+/m0/s1. The highest BCUT2D eigenvalue weighted by Crippen LogP contribution is 2.38. The van der Waals surface area contributed by atoms with Crippen LogP contribution in [-0.2, 0) is 38.1 Å². The molecule has 2 bridgehead atoms. The van der Waals surface area contributed by atoms with Gasteiger partial charge in [0, 0.05) is 43.9 Å². The molecule has 13 N–H and O–H groups in total. The molecule has 406 valence electrons. The lowest BCUT2D eigenvalue weighted by Crippen LogP contribution is -2.64. The number of cyclic esters (lactones) is 1. The van der Waals surface area contributed by atoms with E-state index in [1.165, 1.54) is 19.1 Å². The van der Waals surface area contributed by atoms with Crippen LogP contribution in [0.2, 0.25) is 0 Å². The number of aliphatic hydroxyl groups excluding tert-OH is 9. The van der Waals surface area contributed by atoms with Gasteiger partial charge in [0.15, 0.2) is 12.1 Å². The molecule has 3 heterocycles. The number of allylic oxidation sites excluding steroid dienone is 12. The predicted molar refractivity (Wildman–Crippen MR) is 258 cm³/mol. The molecule has 0 aliphatic carbocycles. The zero-order valence-corrected chi connectivity index (χ0v) is 41.2. The third-order valence-electron chi connectivity index (χ3n) is 12.9. The number of carbonyl (C=O) groups excluding carboxylic acids is 2. The summed E-state index contributed by atoms with van der Waals surface area (Å²) >= 11 is 0. The molecule has 3 aliphatic rings. The Labute approximate surface area is 419 Å². The smallest absolute Gasteiger partial charge is 0.311 e. The molecule has 72 heavy (non-hydrogen) atoms. The van der Waals surface area contributed by atoms with Crippen LogP contribution < -0.4 is 5.32 Å². The second kappa shape index (κ2) is 30.7. The number of hydrogen-bond acceptors (Lipinski definition) is 18. The second-order valence-corrected chi connectivity index (χ2v) is 19.0. The lowest BCUT2D eigenvalue weighted by molar-refractivity contribution is -0.309. The van der Waals surface area contributed by atoms with E-state index in [1.54, 1.807) is 86.8 Å². The van der Waals surface area contributed by atoms with Gasteiger partial charge in [0.05, 0.1) is 79.9 Å². The molecule has 0 saturated carbocycles. The number of aliphatic hydroxyl groups is 10. The van der Waals surface area contributed by atoms with Crippen molar-refractivity contribution in [3.05, 3.63) is 85.1 Å². The van der Waals surface area contributed by atoms with Crippen molar-refractivity contribution in [2.24, 2.45) is 17.8 Å². The maximum Gasteiger partial charge on any atom is 0.311 e. The fraction of sp³-hybridized carbons (Fsp3) is 0.647. The molecule has 3 aliphatic heterocycles. The SMILES string of the molecule is C[C@@H]1[C@H](O)[C@@H](C)C=CC=CC=CC=CC=CC=CC=C[C@H](O[C@@H]2O[C@H](C)[C@@H](O)[C@H](NC(=O)CCC(=O)O)[C@@H]2O)C[C@@H]2O[C@](O)(C[C@@H](O)C[C@@H](O)[C@H](O)CC[C@@H](O)C[C@@H](O)CC(=O)O[C@H]1C)C[C@H](O)[C@H]2C(=O)O. The van der Waals surface area contributed by atoms with Crippen molar-refractivity contribution in [1.82, 2.24) is 5.32 Å². The number of carboxylic acids is 2. The number of rotatable bonds is 7. The van der Waals surface area contributed by atoms with Gasteiger partial charge in [0.2, 0.25) is 5.91 Å². The van der Waals surface area contributed by atoms with Crippen LogP contribution in [0.5, 0.6) is 0 Å². The van der Waals surface area contributed by atoms with Gasteiger partial charge in [-0.2, -0.15) is 0 Å². The summed E-state index contributed by atoms with van der Waals surface area (Å²) in [5, 5.41) is 131. The van der Waals surface area contributed by atoms with Crippen LogP contribution in [0.25, 0.3) is 0 Å². The molecule has 0 aromatic heterocycles. The number of esters is 1. The summed E-state index contributed by atoms with van der Waals surface area (Å²) in [5.74, 6) is -9.16. The van der Waals surface area contributed by atoms with Crippen molar-refractivity contribution in [2.75, 3.05) is 0 Å². The summed E-state index contributed by atoms with van der Waals surface area (Å²) in [6.07, 6.45) is 0.0252. The van der Waals surface area contributed by atoms with Crippen LogP contribution in [-0.4, -0.2) is 183 Å². The molecule has 1 amide bonds. The van der Waals surface area contributed by atoms with Crippen LogP contribution in [0, 0.1) is 17.8 Å². The first-order valence-electron chi connectivity index (χ1n) is 24.4. The van der Waals surface area contributed by atoms with Crippen LogP contribution >= 0.6 is 0 Å². The first-order chi connectivity index (χ1) is 33.9. The number of hydrogen-bond donors (Lipinski definition) is 13. The van der Waals surface area contributed by atoms with Gasteiger partial charge in [0.25, 0.3) is 0 Å². The van der Waals surface area contributed by atoms with Gasteiger partial charge in [-0.15, -0.1) is 0 Å². The molecular weight excluding hydrogens is 947 g/mol. The minimum absolute atomic E-state index is 0.139. The predicted octanol–water partition coefficient (Wildman–Crippen LogP) is 0.734.